The van der Waals surface area contributed by atoms with Crippen LogP contribution in [0.1, 0.15) is 27.2 Å². The fourth-order valence-corrected chi connectivity index (χ4v) is 3.09. The third-order valence-electron chi connectivity index (χ3n) is 4.55. The lowest BCUT2D eigenvalue weighted by Gasteiger charge is -2.09. The Bertz CT molecular complexity index is 1230. The zero-order valence-electron chi connectivity index (χ0n) is 15.1. The standard InChI is InChI=1S/C22H18N2O3/c1-13-8-9-19-17(10-13)20(25)18-11-16(14(2)24-22(18)27-19)21(26)23-12-15-6-4-3-5-7-15/h3-11H,12H2,1-2H3,(H,23,26). The molecule has 1 N–H and O–H groups in total. The number of hydrogen-bond donors (Lipinski definition) is 1. The monoisotopic (exact) mass is 358 g/mol. The van der Waals surface area contributed by atoms with E-state index in [9.17, 15) is 9.59 Å². The first-order chi connectivity index (χ1) is 13.0. The van der Waals surface area contributed by atoms with Gasteiger partial charge in [-0.2, -0.15) is 0 Å². The molecule has 0 radical (unpaired) electrons. The Morgan fingerprint density at radius 1 is 1.04 bits per heavy atom. The number of hydrogen-bond acceptors (Lipinski definition) is 4. The summed E-state index contributed by atoms with van der Waals surface area (Å²) in [5.74, 6) is -0.269. The molecule has 0 fully saturated rings. The van der Waals surface area contributed by atoms with Gasteiger partial charge in [-0.05, 0) is 37.6 Å². The molecule has 0 spiro atoms. The van der Waals surface area contributed by atoms with E-state index in [-0.39, 0.29) is 17.0 Å². The van der Waals surface area contributed by atoms with E-state index in [0.717, 1.165) is 11.1 Å². The van der Waals surface area contributed by atoms with Gasteiger partial charge in [0.15, 0.2) is 0 Å². The van der Waals surface area contributed by atoms with Crippen LogP contribution in [-0.2, 0) is 6.54 Å². The maximum Gasteiger partial charge on any atom is 0.253 e. The Kier molecular flexibility index (Phi) is 4.20. The van der Waals surface area contributed by atoms with E-state index in [1.54, 1.807) is 25.1 Å². The summed E-state index contributed by atoms with van der Waals surface area (Å²) in [6, 6.07) is 16.7. The maximum atomic E-state index is 12.9. The smallest absolute Gasteiger partial charge is 0.253 e. The van der Waals surface area contributed by atoms with Gasteiger partial charge in [-0.1, -0.05) is 42.0 Å². The van der Waals surface area contributed by atoms with E-state index in [0.29, 0.717) is 34.2 Å². The van der Waals surface area contributed by atoms with Crippen LogP contribution in [-0.4, -0.2) is 10.9 Å². The van der Waals surface area contributed by atoms with Crippen molar-refractivity contribution in [2.24, 2.45) is 0 Å². The van der Waals surface area contributed by atoms with Gasteiger partial charge >= 0.3 is 0 Å². The van der Waals surface area contributed by atoms with Crippen molar-refractivity contribution < 1.29 is 9.21 Å². The van der Waals surface area contributed by atoms with Gasteiger partial charge in [0.2, 0.25) is 11.1 Å². The number of rotatable bonds is 3. The first kappa shape index (κ1) is 17.0. The highest BCUT2D eigenvalue weighted by molar-refractivity contribution is 5.99. The molecule has 0 atom stereocenters. The second-order valence-electron chi connectivity index (χ2n) is 6.57. The second kappa shape index (κ2) is 6.68. The van der Waals surface area contributed by atoms with E-state index in [2.05, 4.69) is 10.3 Å². The summed E-state index contributed by atoms with van der Waals surface area (Å²) >= 11 is 0. The Labute approximate surface area is 155 Å². The highest BCUT2D eigenvalue weighted by atomic mass is 16.3. The van der Waals surface area contributed by atoms with E-state index >= 15 is 0 Å². The van der Waals surface area contributed by atoms with Crippen molar-refractivity contribution >= 4 is 28.0 Å². The van der Waals surface area contributed by atoms with Gasteiger partial charge < -0.3 is 9.73 Å². The average molecular weight is 358 g/mol. The molecule has 5 nitrogen and oxygen atoms in total. The number of nitrogens with zero attached hydrogens (tertiary/aromatic N) is 1. The molecule has 27 heavy (non-hydrogen) atoms. The molecule has 2 heterocycles. The lowest BCUT2D eigenvalue weighted by Crippen LogP contribution is -2.24. The first-order valence-corrected chi connectivity index (χ1v) is 8.70. The third-order valence-corrected chi connectivity index (χ3v) is 4.55. The Hall–Kier alpha value is -3.47. The van der Waals surface area contributed by atoms with Crippen LogP contribution in [0.15, 0.2) is 63.8 Å². The van der Waals surface area contributed by atoms with Crippen molar-refractivity contribution in [3.05, 3.63) is 87.2 Å². The molecule has 0 aliphatic rings. The molecule has 0 bridgehead atoms. The van der Waals surface area contributed by atoms with Crippen LogP contribution in [0.3, 0.4) is 0 Å². The van der Waals surface area contributed by atoms with Crippen LogP contribution in [0.2, 0.25) is 0 Å². The van der Waals surface area contributed by atoms with Gasteiger partial charge in [0, 0.05) is 6.54 Å². The van der Waals surface area contributed by atoms with Gasteiger partial charge in [-0.25, -0.2) is 4.98 Å². The van der Waals surface area contributed by atoms with Crippen molar-refractivity contribution in [2.75, 3.05) is 0 Å². The number of carbonyl (C=O) groups is 1. The molecule has 134 valence electrons. The van der Waals surface area contributed by atoms with Gasteiger partial charge in [0.05, 0.1) is 22.0 Å². The van der Waals surface area contributed by atoms with Gasteiger partial charge in [-0.15, -0.1) is 0 Å². The molecule has 0 saturated carbocycles. The van der Waals surface area contributed by atoms with Crippen LogP contribution in [0, 0.1) is 13.8 Å². The van der Waals surface area contributed by atoms with E-state index in [4.69, 9.17) is 4.42 Å². The minimum atomic E-state index is -0.269. The zero-order valence-corrected chi connectivity index (χ0v) is 15.1. The predicted molar refractivity (Wildman–Crippen MR) is 105 cm³/mol. The SMILES string of the molecule is Cc1ccc2oc3nc(C)c(C(=O)NCc4ccccc4)cc3c(=O)c2c1. The summed E-state index contributed by atoms with van der Waals surface area (Å²) < 4.78 is 5.78. The summed E-state index contributed by atoms with van der Waals surface area (Å²) in [6.07, 6.45) is 0. The fourth-order valence-electron chi connectivity index (χ4n) is 3.09. The number of nitrogens with one attached hydrogen (secondary N) is 1. The highest BCUT2D eigenvalue weighted by Gasteiger charge is 2.16. The van der Waals surface area contributed by atoms with E-state index in [1.165, 1.54) is 0 Å². The third kappa shape index (κ3) is 3.19. The molecule has 2 aromatic carbocycles. The molecule has 4 aromatic rings. The van der Waals surface area contributed by atoms with Gasteiger partial charge in [0.25, 0.3) is 5.91 Å². The molecular weight excluding hydrogens is 340 g/mol. The summed E-state index contributed by atoms with van der Waals surface area (Å²) in [7, 11) is 0. The number of amides is 1. The fraction of sp³-hybridized carbons (Fsp3) is 0.136. The number of carbonyl (C=O) groups excluding carboxylic acids is 1. The van der Waals surface area contributed by atoms with Crippen molar-refractivity contribution in [1.82, 2.24) is 10.3 Å². The number of pyridine rings is 1. The zero-order chi connectivity index (χ0) is 19.0. The van der Waals surface area contributed by atoms with Crippen molar-refractivity contribution in [3.63, 3.8) is 0 Å². The van der Waals surface area contributed by atoms with Gasteiger partial charge in [-0.3, -0.25) is 9.59 Å². The number of aryl methyl sites for hydroxylation is 2. The van der Waals surface area contributed by atoms with Crippen molar-refractivity contribution in [2.45, 2.75) is 20.4 Å². The highest BCUT2D eigenvalue weighted by Crippen LogP contribution is 2.20. The molecule has 5 heteroatoms. The number of benzene rings is 2. The van der Waals surface area contributed by atoms with Crippen molar-refractivity contribution in [1.29, 1.82) is 0 Å². The number of aromatic nitrogens is 1. The second-order valence-corrected chi connectivity index (χ2v) is 6.57. The molecule has 4 rings (SSSR count). The minimum Gasteiger partial charge on any atom is -0.437 e. The van der Waals surface area contributed by atoms with Crippen molar-refractivity contribution in [3.8, 4) is 0 Å². The largest absolute Gasteiger partial charge is 0.437 e. The minimum absolute atomic E-state index is 0.181. The van der Waals surface area contributed by atoms with Crippen LogP contribution in [0.25, 0.3) is 22.1 Å². The van der Waals surface area contributed by atoms with E-state index < -0.39 is 0 Å². The van der Waals surface area contributed by atoms with Crippen LogP contribution >= 0.6 is 0 Å². The molecule has 0 unspecified atom stereocenters. The van der Waals surface area contributed by atoms with Crippen LogP contribution in [0.5, 0.6) is 0 Å². The lowest BCUT2D eigenvalue weighted by atomic mass is 10.1. The van der Waals surface area contributed by atoms with Gasteiger partial charge in [0.1, 0.15) is 5.58 Å². The van der Waals surface area contributed by atoms with E-state index in [1.807, 2.05) is 43.3 Å². The molecular formula is C22H18N2O3. The van der Waals surface area contributed by atoms with Crippen LogP contribution < -0.4 is 10.7 Å². The average Bonchev–Trinajstić information content (AvgIpc) is 2.67. The summed E-state index contributed by atoms with van der Waals surface area (Å²) in [6.45, 7) is 4.05. The Morgan fingerprint density at radius 3 is 2.59 bits per heavy atom. The normalized spacial score (nSPS) is 11.0. The summed E-state index contributed by atoms with van der Waals surface area (Å²) in [5.41, 5.74) is 3.41. The Balaban J connectivity index is 1.76. The maximum absolute atomic E-state index is 12.9. The topological polar surface area (TPSA) is 72.2 Å². The van der Waals surface area contributed by atoms with Crippen LogP contribution in [0.4, 0.5) is 0 Å². The quantitative estimate of drug-likeness (QED) is 0.564. The summed E-state index contributed by atoms with van der Waals surface area (Å²) in [4.78, 5) is 29.9. The molecule has 1 amide bonds. The lowest BCUT2D eigenvalue weighted by molar-refractivity contribution is 0.0950. The predicted octanol–water partition coefficient (Wildman–Crippen LogP) is 3.89. The number of fused-ring (bicyclic) bond motifs is 2. The Morgan fingerprint density at radius 2 is 1.81 bits per heavy atom. The molecule has 0 saturated heterocycles. The summed E-state index contributed by atoms with van der Waals surface area (Å²) in [5, 5.41) is 3.67. The molecule has 2 aromatic heterocycles. The molecule has 0 aliphatic heterocycles. The first-order valence-electron chi connectivity index (χ1n) is 8.70. The molecule has 0 aliphatic carbocycles.